The summed E-state index contributed by atoms with van der Waals surface area (Å²) >= 11 is 3.44. The Hall–Kier alpha value is -2.95. The van der Waals surface area contributed by atoms with Crippen molar-refractivity contribution in [1.29, 1.82) is 0 Å². The maximum Gasteiger partial charge on any atom is 0.286 e. The second-order valence-corrected chi connectivity index (χ2v) is 9.18. The summed E-state index contributed by atoms with van der Waals surface area (Å²) in [5, 5.41) is 0. The van der Waals surface area contributed by atoms with Gasteiger partial charge in [0, 0.05) is 34.2 Å². The monoisotopic (exact) mass is 468 g/mol. The zero-order valence-electron chi connectivity index (χ0n) is 15.8. The lowest BCUT2D eigenvalue weighted by atomic mass is 10.2. The third kappa shape index (κ3) is 5.31. The Labute approximate surface area is 178 Å². The zero-order valence-corrected chi connectivity index (χ0v) is 18.2. The van der Waals surface area contributed by atoms with Crippen LogP contribution in [0.25, 0.3) is 0 Å². The van der Waals surface area contributed by atoms with Gasteiger partial charge in [-0.3, -0.25) is 9.78 Å². The van der Waals surface area contributed by atoms with Crippen LogP contribution in [0.1, 0.15) is 21.5 Å². The molecule has 0 aliphatic rings. The van der Waals surface area contributed by atoms with Crippen molar-refractivity contribution in [1.82, 2.24) is 4.98 Å². The van der Waals surface area contributed by atoms with E-state index in [0.29, 0.717) is 16.2 Å². The first kappa shape index (κ1) is 20.8. The second kappa shape index (κ2) is 9.03. The molecule has 0 spiro atoms. The SMILES string of the molecule is COc1cccc(S(C)(=O)=NC(=O)c2cncc(C#Cc3ccccc3Br)c2)c1. The molecule has 0 bridgehead atoms. The van der Waals surface area contributed by atoms with Crippen LogP contribution >= 0.6 is 15.9 Å². The van der Waals surface area contributed by atoms with E-state index in [0.717, 1.165) is 10.0 Å². The standard InChI is InChI=1S/C22H17BrN2O3S/c1-28-19-7-5-8-20(13-19)29(2,27)25-22(26)18-12-16(14-24-15-18)10-11-17-6-3-4-9-21(17)23/h3-9,12-15H,1-2H3. The van der Waals surface area contributed by atoms with E-state index in [9.17, 15) is 9.00 Å². The van der Waals surface area contributed by atoms with E-state index in [2.05, 4.69) is 37.1 Å². The maximum atomic E-state index is 13.0. The number of pyridine rings is 1. The lowest BCUT2D eigenvalue weighted by Crippen LogP contribution is -2.05. The Kier molecular flexibility index (Phi) is 6.47. The minimum Gasteiger partial charge on any atom is -0.497 e. The van der Waals surface area contributed by atoms with Crippen molar-refractivity contribution in [3.63, 3.8) is 0 Å². The smallest absolute Gasteiger partial charge is 0.286 e. The summed E-state index contributed by atoms with van der Waals surface area (Å²) in [4.78, 5) is 17.1. The predicted octanol–water partition coefficient (Wildman–Crippen LogP) is 4.55. The fraction of sp³-hybridized carbons (Fsp3) is 0.0909. The van der Waals surface area contributed by atoms with Crippen molar-refractivity contribution in [3.8, 4) is 17.6 Å². The van der Waals surface area contributed by atoms with Gasteiger partial charge in [0.05, 0.1) is 27.3 Å². The highest BCUT2D eigenvalue weighted by atomic mass is 79.9. The van der Waals surface area contributed by atoms with Gasteiger partial charge in [-0.15, -0.1) is 0 Å². The summed E-state index contributed by atoms with van der Waals surface area (Å²) < 4.78 is 22.9. The number of ether oxygens (including phenoxy) is 1. The molecule has 3 rings (SSSR count). The van der Waals surface area contributed by atoms with Crippen LogP contribution in [0.4, 0.5) is 0 Å². The van der Waals surface area contributed by atoms with Gasteiger partial charge in [-0.1, -0.05) is 30.0 Å². The van der Waals surface area contributed by atoms with Gasteiger partial charge in [0.2, 0.25) is 0 Å². The van der Waals surface area contributed by atoms with Gasteiger partial charge in [0.25, 0.3) is 5.91 Å². The molecule has 0 aliphatic heterocycles. The van der Waals surface area contributed by atoms with Gasteiger partial charge >= 0.3 is 0 Å². The van der Waals surface area contributed by atoms with Gasteiger partial charge < -0.3 is 4.74 Å². The first-order valence-corrected chi connectivity index (χ1v) is 11.2. The molecule has 0 radical (unpaired) electrons. The molecule has 1 unspecified atom stereocenters. The van der Waals surface area contributed by atoms with E-state index < -0.39 is 15.6 Å². The molecule has 1 heterocycles. The number of halogens is 1. The molecule has 3 aromatic rings. The van der Waals surface area contributed by atoms with Crippen LogP contribution in [0.5, 0.6) is 5.75 Å². The van der Waals surface area contributed by atoms with Crippen molar-refractivity contribution < 1.29 is 13.7 Å². The molecule has 0 N–H and O–H groups in total. The molecule has 0 aliphatic carbocycles. The van der Waals surface area contributed by atoms with Crippen LogP contribution in [0.15, 0.2) is 80.7 Å². The first-order valence-electron chi connectivity index (χ1n) is 8.51. The normalized spacial score (nSPS) is 12.2. The minimum atomic E-state index is -2.94. The van der Waals surface area contributed by atoms with Crippen molar-refractivity contribution in [3.05, 3.63) is 88.2 Å². The Morgan fingerprint density at radius 1 is 1.10 bits per heavy atom. The molecular weight excluding hydrogens is 452 g/mol. The average Bonchev–Trinajstić information content (AvgIpc) is 2.73. The fourth-order valence-electron chi connectivity index (χ4n) is 2.43. The van der Waals surface area contributed by atoms with Crippen molar-refractivity contribution >= 4 is 31.6 Å². The number of rotatable bonds is 3. The number of carbonyl (C=O) groups is 1. The molecule has 0 saturated heterocycles. The molecule has 1 amide bonds. The minimum absolute atomic E-state index is 0.224. The Balaban J connectivity index is 1.91. The second-order valence-electron chi connectivity index (χ2n) is 6.07. The van der Waals surface area contributed by atoms with Crippen molar-refractivity contribution in [2.24, 2.45) is 4.36 Å². The number of carbonyl (C=O) groups excluding carboxylic acids is 1. The quantitative estimate of drug-likeness (QED) is 0.528. The van der Waals surface area contributed by atoms with Gasteiger partial charge in [-0.25, -0.2) is 4.21 Å². The highest BCUT2D eigenvalue weighted by Gasteiger charge is 2.13. The van der Waals surface area contributed by atoms with Crippen LogP contribution in [0, 0.1) is 11.8 Å². The number of nitrogens with zero attached hydrogens (tertiary/aromatic N) is 2. The zero-order chi connectivity index (χ0) is 20.9. The van der Waals surface area contributed by atoms with E-state index in [1.54, 1.807) is 36.5 Å². The van der Waals surface area contributed by atoms with Crippen LogP contribution in [-0.4, -0.2) is 28.5 Å². The number of methoxy groups -OCH3 is 1. The first-order chi connectivity index (χ1) is 13.9. The Morgan fingerprint density at radius 3 is 2.66 bits per heavy atom. The van der Waals surface area contributed by atoms with Gasteiger partial charge in [-0.05, 0) is 52.3 Å². The Morgan fingerprint density at radius 2 is 1.90 bits per heavy atom. The van der Waals surface area contributed by atoms with E-state index in [4.69, 9.17) is 4.74 Å². The molecule has 5 nitrogen and oxygen atoms in total. The van der Waals surface area contributed by atoms with Gasteiger partial charge in [0.1, 0.15) is 5.75 Å². The molecule has 2 aromatic carbocycles. The van der Waals surface area contributed by atoms with Gasteiger partial charge in [0.15, 0.2) is 0 Å². The van der Waals surface area contributed by atoms with E-state index in [1.807, 2.05) is 24.3 Å². The number of hydrogen-bond acceptors (Lipinski definition) is 4. The number of benzene rings is 2. The molecule has 1 aromatic heterocycles. The molecule has 146 valence electrons. The average molecular weight is 469 g/mol. The highest BCUT2D eigenvalue weighted by Crippen LogP contribution is 2.19. The summed E-state index contributed by atoms with van der Waals surface area (Å²) in [5.41, 5.74) is 1.61. The van der Waals surface area contributed by atoms with Crippen LogP contribution in [-0.2, 0) is 9.73 Å². The number of aromatic nitrogens is 1. The maximum absolute atomic E-state index is 13.0. The lowest BCUT2D eigenvalue weighted by molar-refractivity contribution is 0.100. The largest absolute Gasteiger partial charge is 0.497 e. The van der Waals surface area contributed by atoms with Crippen LogP contribution in [0.3, 0.4) is 0 Å². The lowest BCUT2D eigenvalue weighted by Gasteiger charge is -2.06. The van der Waals surface area contributed by atoms with E-state index in [1.165, 1.54) is 19.6 Å². The molecule has 0 saturated carbocycles. The molecule has 0 fully saturated rings. The summed E-state index contributed by atoms with van der Waals surface area (Å²) in [6.45, 7) is 0. The molecule has 7 heteroatoms. The topological polar surface area (TPSA) is 68.6 Å². The Bertz CT molecular complexity index is 1250. The van der Waals surface area contributed by atoms with E-state index in [-0.39, 0.29) is 5.56 Å². The summed E-state index contributed by atoms with van der Waals surface area (Å²) in [7, 11) is -1.42. The van der Waals surface area contributed by atoms with Crippen molar-refractivity contribution in [2.45, 2.75) is 4.90 Å². The van der Waals surface area contributed by atoms with Crippen LogP contribution < -0.4 is 4.74 Å². The highest BCUT2D eigenvalue weighted by molar-refractivity contribution is 9.10. The van der Waals surface area contributed by atoms with E-state index >= 15 is 0 Å². The summed E-state index contributed by atoms with van der Waals surface area (Å²) in [6.07, 6.45) is 4.37. The third-order valence-electron chi connectivity index (χ3n) is 3.94. The molecular formula is C22H17BrN2O3S. The molecule has 1 atom stereocenters. The third-order valence-corrected chi connectivity index (χ3v) is 6.27. The van der Waals surface area contributed by atoms with Crippen LogP contribution in [0.2, 0.25) is 0 Å². The fourth-order valence-corrected chi connectivity index (χ4v) is 4.00. The summed E-state index contributed by atoms with van der Waals surface area (Å²) in [6, 6.07) is 15.9. The predicted molar refractivity (Wildman–Crippen MR) is 116 cm³/mol. The van der Waals surface area contributed by atoms with Crippen molar-refractivity contribution in [2.75, 3.05) is 13.4 Å². The molecule has 29 heavy (non-hydrogen) atoms. The summed E-state index contributed by atoms with van der Waals surface area (Å²) in [5.74, 6) is 5.95. The van der Waals surface area contributed by atoms with Gasteiger partial charge in [-0.2, -0.15) is 4.36 Å². The number of hydrogen-bond donors (Lipinski definition) is 0. The number of amides is 1.